The van der Waals surface area contributed by atoms with Crippen molar-refractivity contribution in [2.24, 2.45) is 0 Å². The summed E-state index contributed by atoms with van der Waals surface area (Å²) in [6.07, 6.45) is 1.50. The monoisotopic (exact) mass is 261 g/mol. The number of benzene rings is 1. The fourth-order valence-corrected chi connectivity index (χ4v) is 1.69. The summed E-state index contributed by atoms with van der Waals surface area (Å²) < 4.78 is 7.39. The van der Waals surface area contributed by atoms with E-state index in [1.54, 1.807) is 28.9 Å². The molecule has 7 heteroatoms. The minimum Gasteiger partial charge on any atom is -0.486 e. The molecule has 0 atom stereocenters. The van der Waals surface area contributed by atoms with Gasteiger partial charge in [0.1, 0.15) is 18.7 Å². The van der Waals surface area contributed by atoms with E-state index in [0.29, 0.717) is 17.8 Å². The molecule has 0 aliphatic rings. The van der Waals surface area contributed by atoms with E-state index < -0.39 is 7.12 Å². The van der Waals surface area contributed by atoms with Gasteiger partial charge in [0, 0.05) is 6.04 Å². The van der Waals surface area contributed by atoms with E-state index in [9.17, 15) is 0 Å². The first kappa shape index (κ1) is 13.6. The van der Waals surface area contributed by atoms with Gasteiger partial charge in [-0.05, 0) is 31.4 Å². The van der Waals surface area contributed by atoms with Crippen molar-refractivity contribution in [3.63, 3.8) is 0 Å². The molecule has 2 aromatic rings. The molecule has 0 unspecified atom stereocenters. The third kappa shape index (κ3) is 3.33. The van der Waals surface area contributed by atoms with Gasteiger partial charge in [0.25, 0.3) is 0 Å². The number of hydrogen-bond donors (Lipinski definition) is 2. The first-order chi connectivity index (χ1) is 9.08. The SMILES string of the molecule is CC(C)n1ncnc1COc1ccc(B(O)O)cc1. The van der Waals surface area contributed by atoms with Gasteiger partial charge in [-0.25, -0.2) is 9.67 Å². The number of hydrogen-bond acceptors (Lipinski definition) is 5. The normalized spacial score (nSPS) is 10.8. The lowest BCUT2D eigenvalue weighted by Crippen LogP contribution is -2.29. The molecule has 2 N–H and O–H groups in total. The topological polar surface area (TPSA) is 80.4 Å². The molecule has 0 aliphatic carbocycles. The zero-order valence-electron chi connectivity index (χ0n) is 10.9. The largest absolute Gasteiger partial charge is 0.488 e. The second-order valence-corrected chi connectivity index (χ2v) is 4.45. The summed E-state index contributed by atoms with van der Waals surface area (Å²) >= 11 is 0. The molecule has 0 saturated carbocycles. The average Bonchev–Trinajstić information content (AvgIpc) is 2.85. The van der Waals surface area contributed by atoms with E-state index in [2.05, 4.69) is 10.1 Å². The van der Waals surface area contributed by atoms with E-state index in [1.165, 1.54) is 6.33 Å². The van der Waals surface area contributed by atoms with Gasteiger partial charge in [-0.3, -0.25) is 0 Å². The van der Waals surface area contributed by atoms with E-state index in [1.807, 2.05) is 13.8 Å². The standard InChI is InChI=1S/C12H16BN3O3/c1-9(2)16-12(14-8-15-16)7-19-11-5-3-10(4-6-11)13(17)18/h3-6,8-9,17-18H,7H2,1-2H3. The molecule has 0 bridgehead atoms. The van der Waals surface area contributed by atoms with Gasteiger partial charge in [0.15, 0.2) is 5.82 Å². The van der Waals surface area contributed by atoms with Crippen LogP contribution in [0.5, 0.6) is 5.75 Å². The maximum atomic E-state index is 8.99. The minimum atomic E-state index is -1.46. The third-order valence-electron chi connectivity index (χ3n) is 2.68. The number of rotatable bonds is 5. The van der Waals surface area contributed by atoms with Crippen LogP contribution in [0, 0.1) is 0 Å². The van der Waals surface area contributed by atoms with Crippen molar-refractivity contribution in [3.05, 3.63) is 36.4 Å². The Morgan fingerprint density at radius 1 is 1.26 bits per heavy atom. The lowest BCUT2D eigenvalue weighted by Gasteiger charge is -2.10. The highest BCUT2D eigenvalue weighted by Crippen LogP contribution is 2.12. The molecule has 1 aromatic carbocycles. The Balaban J connectivity index is 2.00. The summed E-state index contributed by atoms with van der Waals surface area (Å²) in [5, 5.41) is 22.1. The summed E-state index contributed by atoms with van der Waals surface area (Å²) in [7, 11) is -1.46. The molecular weight excluding hydrogens is 245 g/mol. The molecule has 6 nitrogen and oxygen atoms in total. The van der Waals surface area contributed by atoms with Gasteiger partial charge in [0.05, 0.1) is 0 Å². The maximum absolute atomic E-state index is 8.99. The van der Waals surface area contributed by atoms with Crippen LogP contribution in [0.25, 0.3) is 0 Å². The van der Waals surface area contributed by atoms with Crippen molar-refractivity contribution in [1.82, 2.24) is 14.8 Å². The molecule has 19 heavy (non-hydrogen) atoms. The molecule has 0 aliphatic heterocycles. The van der Waals surface area contributed by atoms with Gasteiger partial charge in [-0.15, -0.1) is 0 Å². The van der Waals surface area contributed by atoms with Crippen LogP contribution in [0.2, 0.25) is 0 Å². The van der Waals surface area contributed by atoms with Gasteiger partial charge in [-0.2, -0.15) is 5.10 Å². The molecule has 0 spiro atoms. The van der Waals surface area contributed by atoms with Crippen LogP contribution < -0.4 is 10.2 Å². The summed E-state index contributed by atoms with van der Waals surface area (Å²) in [5.74, 6) is 1.39. The van der Waals surface area contributed by atoms with Crippen molar-refractivity contribution >= 4 is 12.6 Å². The van der Waals surface area contributed by atoms with E-state index in [-0.39, 0.29) is 6.04 Å². The first-order valence-electron chi connectivity index (χ1n) is 6.05. The van der Waals surface area contributed by atoms with E-state index in [0.717, 1.165) is 5.82 Å². The molecular formula is C12H16BN3O3. The van der Waals surface area contributed by atoms with Gasteiger partial charge in [0.2, 0.25) is 0 Å². The van der Waals surface area contributed by atoms with Gasteiger partial charge < -0.3 is 14.8 Å². The Labute approximate surface area is 111 Å². The molecule has 0 fully saturated rings. The zero-order chi connectivity index (χ0) is 13.8. The van der Waals surface area contributed by atoms with Crippen LogP contribution >= 0.6 is 0 Å². The number of aromatic nitrogens is 3. The average molecular weight is 261 g/mol. The molecule has 1 aromatic heterocycles. The predicted octanol–water partition coefficient (Wildman–Crippen LogP) is 0.118. The second kappa shape index (κ2) is 5.86. The van der Waals surface area contributed by atoms with Crippen LogP contribution in [-0.4, -0.2) is 31.9 Å². The van der Waals surface area contributed by atoms with Crippen molar-refractivity contribution in [3.8, 4) is 5.75 Å². The molecule has 100 valence electrons. The summed E-state index contributed by atoms with van der Waals surface area (Å²) in [5.41, 5.74) is 0.428. The summed E-state index contributed by atoms with van der Waals surface area (Å²) in [6, 6.07) is 6.81. The molecule has 0 saturated heterocycles. The summed E-state index contributed by atoms with van der Waals surface area (Å²) in [4.78, 5) is 4.15. The van der Waals surface area contributed by atoms with Crippen LogP contribution in [0.15, 0.2) is 30.6 Å². The summed E-state index contributed by atoms with van der Waals surface area (Å²) in [6.45, 7) is 4.37. The Morgan fingerprint density at radius 2 is 1.95 bits per heavy atom. The highest BCUT2D eigenvalue weighted by atomic mass is 16.5. The predicted molar refractivity (Wildman–Crippen MR) is 71.0 cm³/mol. The maximum Gasteiger partial charge on any atom is 0.488 e. The fourth-order valence-electron chi connectivity index (χ4n) is 1.69. The van der Waals surface area contributed by atoms with Crippen LogP contribution in [-0.2, 0) is 6.61 Å². The van der Waals surface area contributed by atoms with Gasteiger partial charge in [-0.1, -0.05) is 12.1 Å². The van der Waals surface area contributed by atoms with Crippen molar-refractivity contribution in [2.45, 2.75) is 26.5 Å². The number of ether oxygens (including phenoxy) is 1. The Kier molecular flexibility index (Phi) is 4.18. The molecule has 0 amide bonds. The van der Waals surface area contributed by atoms with Crippen LogP contribution in [0.4, 0.5) is 0 Å². The minimum absolute atomic E-state index is 0.230. The Morgan fingerprint density at radius 3 is 2.53 bits per heavy atom. The Hall–Kier alpha value is -1.86. The first-order valence-corrected chi connectivity index (χ1v) is 6.05. The molecule has 0 radical (unpaired) electrons. The van der Waals surface area contributed by atoms with Crippen LogP contribution in [0.3, 0.4) is 0 Å². The van der Waals surface area contributed by atoms with Gasteiger partial charge >= 0.3 is 7.12 Å². The molecule has 1 heterocycles. The quantitative estimate of drug-likeness (QED) is 0.747. The van der Waals surface area contributed by atoms with E-state index in [4.69, 9.17) is 14.8 Å². The van der Waals surface area contributed by atoms with Crippen molar-refractivity contribution in [1.29, 1.82) is 0 Å². The van der Waals surface area contributed by atoms with Crippen LogP contribution in [0.1, 0.15) is 25.7 Å². The lowest BCUT2D eigenvalue weighted by molar-refractivity contribution is 0.282. The highest BCUT2D eigenvalue weighted by Gasteiger charge is 2.11. The second-order valence-electron chi connectivity index (χ2n) is 4.45. The fraction of sp³-hybridized carbons (Fsp3) is 0.333. The highest BCUT2D eigenvalue weighted by molar-refractivity contribution is 6.58. The molecule has 2 rings (SSSR count). The van der Waals surface area contributed by atoms with E-state index >= 15 is 0 Å². The zero-order valence-corrected chi connectivity index (χ0v) is 10.9. The number of nitrogens with zero attached hydrogens (tertiary/aromatic N) is 3. The van der Waals surface area contributed by atoms with Crippen molar-refractivity contribution in [2.75, 3.05) is 0 Å². The third-order valence-corrected chi connectivity index (χ3v) is 2.68. The van der Waals surface area contributed by atoms with Crippen molar-refractivity contribution < 1.29 is 14.8 Å². The smallest absolute Gasteiger partial charge is 0.486 e. The Bertz CT molecular complexity index is 525. The lowest BCUT2D eigenvalue weighted by atomic mass is 9.80.